The van der Waals surface area contributed by atoms with Crippen molar-refractivity contribution in [1.29, 1.82) is 0 Å². The molecule has 0 saturated heterocycles. The third kappa shape index (κ3) is 6.62. The maximum Gasteiger partial charge on any atom is 0.257 e. The smallest absolute Gasteiger partial charge is 0.257 e. The SMILES string of the molecule is Cc1cc2c3c(c1)N(c1ccc(C(C)(C)C)cc1-c1ccccc1)c1oc4cc5c(cc4c1B3c1cc(-c3ccccc3)ccc1N2c1ccc(-c2ccccc2)cc1)C(C)(C)CCC5(C)C. The lowest BCUT2D eigenvalue weighted by Gasteiger charge is -2.43. The van der Waals surface area contributed by atoms with Crippen LogP contribution >= 0.6 is 0 Å². The molecule has 3 nitrogen and oxygen atoms in total. The van der Waals surface area contributed by atoms with Gasteiger partial charge in [0, 0.05) is 39.2 Å². The lowest BCUT2D eigenvalue weighted by molar-refractivity contribution is 0.332. The number of hydrogen-bond donors (Lipinski definition) is 0. The first-order valence-electron chi connectivity index (χ1n) is 24.2. The molecule has 9 aromatic rings. The van der Waals surface area contributed by atoms with Crippen molar-refractivity contribution in [3.63, 3.8) is 0 Å². The molecule has 3 heterocycles. The van der Waals surface area contributed by atoms with Crippen LogP contribution in [0.25, 0.3) is 44.3 Å². The molecule has 0 bridgehead atoms. The summed E-state index contributed by atoms with van der Waals surface area (Å²) in [6, 6.07) is 65.7. The fourth-order valence-corrected chi connectivity index (χ4v) is 11.5. The van der Waals surface area contributed by atoms with Gasteiger partial charge >= 0.3 is 0 Å². The third-order valence-corrected chi connectivity index (χ3v) is 15.3. The van der Waals surface area contributed by atoms with Crippen LogP contribution in [0.3, 0.4) is 0 Å². The Morgan fingerprint density at radius 2 is 1.03 bits per heavy atom. The molecule has 8 aromatic carbocycles. The third-order valence-electron chi connectivity index (χ3n) is 15.3. The molecule has 328 valence electrons. The summed E-state index contributed by atoms with van der Waals surface area (Å²) in [6.45, 7) is 18.8. The second-order valence-corrected chi connectivity index (χ2v) is 21.7. The minimum atomic E-state index is -0.108. The number of fused-ring (bicyclic) bond motifs is 7. The molecular formula is C63H57BN2O. The van der Waals surface area contributed by atoms with Gasteiger partial charge in [-0.1, -0.05) is 170 Å². The van der Waals surface area contributed by atoms with Gasteiger partial charge in [-0.25, -0.2) is 0 Å². The van der Waals surface area contributed by atoms with Crippen molar-refractivity contribution in [1.82, 2.24) is 0 Å². The summed E-state index contributed by atoms with van der Waals surface area (Å²) in [6.07, 6.45) is 2.28. The topological polar surface area (TPSA) is 19.6 Å². The molecule has 0 saturated carbocycles. The van der Waals surface area contributed by atoms with E-state index in [2.05, 4.69) is 241 Å². The van der Waals surface area contributed by atoms with Crippen molar-refractivity contribution >= 4 is 68.4 Å². The molecule has 1 aliphatic carbocycles. The molecule has 1 aromatic heterocycles. The van der Waals surface area contributed by atoms with E-state index in [1.807, 2.05) is 0 Å². The van der Waals surface area contributed by atoms with Crippen molar-refractivity contribution in [3.05, 3.63) is 198 Å². The van der Waals surface area contributed by atoms with E-state index in [0.29, 0.717) is 0 Å². The maximum atomic E-state index is 7.58. The van der Waals surface area contributed by atoms with Crippen LogP contribution in [0.2, 0.25) is 0 Å². The van der Waals surface area contributed by atoms with Crippen LogP contribution < -0.4 is 26.2 Å². The zero-order chi connectivity index (χ0) is 46.0. The number of benzene rings is 8. The van der Waals surface area contributed by atoms with E-state index in [-0.39, 0.29) is 23.0 Å². The Bertz CT molecular complexity index is 3390. The van der Waals surface area contributed by atoms with Crippen LogP contribution in [-0.4, -0.2) is 6.71 Å². The number of aryl methyl sites for hydroxylation is 1. The second kappa shape index (κ2) is 15.0. The van der Waals surface area contributed by atoms with Gasteiger partial charge in [-0.3, -0.25) is 4.90 Å². The van der Waals surface area contributed by atoms with Crippen LogP contribution in [0.5, 0.6) is 0 Å². The summed E-state index contributed by atoms with van der Waals surface area (Å²) in [5.74, 6) is 0.902. The van der Waals surface area contributed by atoms with Crippen LogP contribution in [0.15, 0.2) is 180 Å². The summed E-state index contributed by atoms with van der Waals surface area (Å²) in [5.41, 5.74) is 23.1. The molecular weight excluding hydrogens is 812 g/mol. The molecule has 0 radical (unpaired) electrons. The van der Waals surface area contributed by atoms with Gasteiger partial charge in [0.1, 0.15) is 5.58 Å². The predicted octanol–water partition coefficient (Wildman–Crippen LogP) is 15.5. The molecule has 0 unspecified atom stereocenters. The fourth-order valence-electron chi connectivity index (χ4n) is 11.5. The molecule has 0 atom stereocenters. The van der Waals surface area contributed by atoms with E-state index >= 15 is 0 Å². The van der Waals surface area contributed by atoms with Crippen molar-refractivity contribution < 1.29 is 4.42 Å². The first kappa shape index (κ1) is 41.4. The quantitative estimate of drug-likeness (QED) is 0.161. The largest absolute Gasteiger partial charge is 0.440 e. The van der Waals surface area contributed by atoms with E-state index in [4.69, 9.17) is 4.42 Å². The average molecular weight is 869 g/mol. The van der Waals surface area contributed by atoms with Gasteiger partial charge in [-0.2, -0.15) is 0 Å². The molecule has 0 N–H and O–H groups in total. The summed E-state index contributed by atoms with van der Waals surface area (Å²) < 4.78 is 7.58. The van der Waals surface area contributed by atoms with Crippen molar-refractivity contribution in [3.8, 4) is 33.4 Å². The van der Waals surface area contributed by atoms with Gasteiger partial charge in [0.2, 0.25) is 5.88 Å². The molecule has 0 spiro atoms. The average Bonchev–Trinajstić information content (AvgIpc) is 3.71. The minimum Gasteiger partial charge on any atom is -0.440 e. The molecule has 0 amide bonds. The number of anilines is 6. The van der Waals surface area contributed by atoms with Gasteiger partial charge in [-0.15, -0.1) is 0 Å². The van der Waals surface area contributed by atoms with Gasteiger partial charge < -0.3 is 9.32 Å². The Morgan fingerprint density at radius 3 is 1.66 bits per heavy atom. The van der Waals surface area contributed by atoms with Crippen molar-refractivity contribution in [2.45, 2.75) is 84.5 Å². The Hall–Kier alpha value is -7.04. The molecule has 3 aliphatic rings. The van der Waals surface area contributed by atoms with Gasteiger partial charge in [0.25, 0.3) is 6.71 Å². The van der Waals surface area contributed by atoms with Crippen LogP contribution in [0, 0.1) is 6.92 Å². The summed E-state index contributed by atoms with van der Waals surface area (Å²) >= 11 is 0. The van der Waals surface area contributed by atoms with Crippen molar-refractivity contribution in [2.75, 3.05) is 9.80 Å². The van der Waals surface area contributed by atoms with Gasteiger partial charge in [-0.05, 0) is 152 Å². The first-order valence-corrected chi connectivity index (χ1v) is 24.2. The lowest BCUT2D eigenvalue weighted by atomic mass is 9.33. The summed E-state index contributed by atoms with van der Waals surface area (Å²) in [5, 5.41) is 1.20. The summed E-state index contributed by atoms with van der Waals surface area (Å²) in [7, 11) is 0. The molecule has 67 heavy (non-hydrogen) atoms. The highest BCUT2D eigenvalue weighted by Crippen LogP contribution is 2.52. The fraction of sp³-hybridized carbons (Fsp3) is 0.206. The Labute approximate surface area is 396 Å². The second-order valence-electron chi connectivity index (χ2n) is 21.7. The monoisotopic (exact) mass is 868 g/mol. The number of hydrogen-bond acceptors (Lipinski definition) is 3. The lowest BCUT2D eigenvalue weighted by Crippen LogP contribution is -2.61. The van der Waals surface area contributed by atoms with Gasteiger partial charge in [0.15, 0.2) is 0 Å². The van der Waals surface area contributed by atoms with E-state index < -0.39 is 0 Å². The zero-order valence-electron chi connectivity index (χ0n) is 40.0. The molecule has 2 aliphatic heterocycles. The standard InChI is InChI=1S/C63H57BN2O/c1-40-34-55-59-56(35-40)66(53-31-27-46(61(2,3)4)37-48(53)44-22-16-11-17-23-44)60-58(49-38-50-51(39-57(49)67-60)63(7,8)33-32-62(50,5)6)64(59)52-36-45(42-20-14-10-15-21-42)26-30-54(52)65(55)47-28-24-43(25-29-47)41-18-12-9-13-19-41/h9-31,34-39H,32-33H2,1-8H3. The molecule has 0 fully saturated rings. The summed E-state index contributed by atoms with van der Waals surface area (Å²) in [4.78, 5) is 5.02. The highest BCUT2D eigenvalue weighted by molar-refractivity contribution is 7.01. The highest BCUT2D eigenvalue weighted by Gasteiger charge is 2.48. The normalized spacial score (nSPS) is 15.5. The van der Waals surface area contributed by atoms with Crippen LogP contribution in [-0.2, 0) is 16.2 Å². The zero-order valence-corrected chi connectivity index (χ0v) is 40.0. The minimum absolute atomic E-state index is 0.0225. The van der Waals surface area contributed by atoms with E-state index in [1.165, 1.54) is 88.8 Å². The van der Waals surface area contributed by atoms with E-state index in [9.17, 15) is 0 Å². The highest BCUT2D eigenvalue weighted by atomic mass is 16.4. The number of rotatable bonds is 5. The van der Waals surface area contributed by atoms with Crippen LogP contribution in [0.1, 0.15) is 83.6 Å². The van der Waals surface area contributed by atoms with E-state index in [0.717, 1.165) is 41.4 Å². The number of nitrogens with zero attached hydrogens (tertiary/aromatic N) is 2. The maximum absolute atomic E-state index is 7.58. The Balaban J connectivity index is 1.20. The Morgan fingerprint density at radius 1 is 0.493 bits per heavy atom. The molecule has 4 heteroatoms. The molecule has 12 rings (SSSR count). The predicted molar refractivity (Wildman–Crippen MR) is 285 cm³/mol. The van der Waals surface area contributed by atoms with Crippen molar-refractivity contribution in [2.24, 2.45) is 0 Å². The van der Waals surface area contributed by atoms with Gasteiger partial charge in [0.05, 0.1) is 5.69 Å². The Kier molecular flexibility index (Phi) is 9.26. The first-order chi connectivity index (χ1) is 32.2. The van der Waals surface area contributed by atoms with Crippen LogP contribution in [0.4, 0.5) is 34.3 Å². The number of furan rings is 1. The van der Waals surface area contributed by atoms with E-state index in [1.54, 1.807) is 0 Å².